The number of anilines is 4. The summed E-state index contributed by atoms with van der Waals surface area (Å²) in [6, 6.07) is 13.2. The van der Waals surface area contributed by atoms with Crippen LogP contribution < -0.4 is 21.9 Å². The molecule has 0 saturated heterocycles. The summed E-state index contributed by atoms with van der Waals surface area (Å²) in [7, 11) is 0. The van der Waals surface area contributed by atoms with Gasteiger partial charge in [0.15, 0.2) is 11.6 Å². The number of aryl methyl sites for hydroxylation is 1. The molecule has 2 heterocycles. The molecule has 1 amide bonds. The second kappa shape index (κ2) is 7.93. The van der Waals surface area contributed by atoms with Crippen molar-refractivity contribution in [2.45, 2.75) is 13.3 Å². The first-order valence-electron chi connectivity index (χ1n) is 8.01. The highest BCUT2D eigenvalue weighted by molar-refractivity contribution is 5.82. The first kappa shape index (κ1) is 17.2. The normalized spacial score (nSPS) is 10.2. The molecule has 0 fully saturated rings. The Balaban J connectivity index is 1.63. The van der Waals surface area contributed by atoms with E-state index < -0.39 is 0 Å². The van der Waals surface area contributed by atoms with Crippen LogP contribution in [0.4, 0.5) is 23.1 Å². The van der Waals surface area contributed by atoms with E-state index in [1.54, 1.807) is 6.20 Å². The van der Waals surface area contributed by atoms with E-state index in [9.17, 15) is 4.79 Å². The van der Waals surface area contributed by atoms with Crippen LogP contribution in [0.15, 0.2) is 55.0 Å². The molecular weight excluding hydrogens is 330 g/mol. The number of benzene rings is 1. The van der Waals surface area contributed by atoms with Gasteiger partial charge in [0.1, 0.15) is 17.8 Å². The van der Waals surface area contributed by atoms with Gasteiger partial charge in [-0.25, -0.2) is 15.0 Å². The molecule has 1 aromatic carbocycles. The maximum Gasteiger partial charge on any atom is 0.242 e. The standard InChI is InChI=1S/C18H19N7O/c1-12-7-8-14(20-10-12)23-17-16(19)18(22-11-21-17)25-24-15(26)9-13-5-3-2-4-6-13/h2-8,10-11H,9,19H2,1H3,(H,24,26)(H2,20,21,22,23,25). The average molecular weight is 349 g/mol. The van der Waals surface area contributed by atoms with Crippen molar-refractivity contribution in [1.82, 2.24) is 20.4 Å². The fourth-order valence-corrected chi connectivity index (χ4v) is 2.21. The zero-order chi connectivity index (χ0) is 18.4. The highest BCUT2D eigenvalue weighted by Crippen LogP contribution is 2.24. The highest BCUT2D eigenvalue weighted by Gasteiger charge is 2.10. The van der Waals surface area contributed by atoms with Gasteiger partial charge in [-0.05, 0) is 24.1 Å². The van der Waals surface area contributed by atoms with Crippen LogP contribution in [-0.2, 0) is 11.2 Å². The smallest absolute Gasteiger partial charge is 0.242 e. The van der Waals surface area contributed by atoms with Gasteiger partial charge in [0, 0.05) is 6.20 Å². The second-order valence-corrected chi connectivity index (χ2v) is 5.67. The summed E-state index contributed by atoms with van der Waals surface area (Å²) in [5, 5.41) is 3.03. The van der Waals surface area contributed by atoms with Crippen molar-refractivity contribution in [2.24, 2.45) is 0 Å². The lowest BCUT2D eigenvalue weighted by molar-refractivity contribution is -0.119. The summed E-state index contributed by atoms with van der Waals surface area (Å²) < 4.78 is 0. The molecule has 8 nitrogen and oxygen atoms in total. The van der Waals surface area contributed by atoms with E-state index in [0.29, 0.717) is 17.5 Å². The number of aromatic nitrogens is 3. The maximum atomic E-state index is 12.0. The van der Waals surface area contributed by atoms with Crippen molar-refractivity contribution >= 4 is 29.0 Å². The van der Waals surface area contributed by atoms with Crippen molar-refractivity contribution in [1.29, 1.82) is 0 Å². The van der Waals surface area contributed by atoms with Gasteiger partial charge in [0.2, 0.25) is 5.91 Å². The van der Waals surface area contributed by atoms with Crippen LogP contribution in [0.3, 0.4) is 0 Å². The van der Waals surface area contributed by atoms with Crippen LogP contribution in [0.5, 0.6) is 0 Å². The number of nitrogens with two attached hydrogens (primary N) is 1. The van der Waals surface area contributed by atoms with E-state index in [1.807, 2.05) is 49.4 Å². The number of carbonyl (C=O) groups is 1. The average Bonchev–Trinajstić information content (AvgIpc) is 2.65. The summed E-state index contributed by atoms with van der Waals surface area (Å²) >= 11 is 0. The van der Waals surface area contributed by atoms with Crippen LogP contribution >= 0.6 is 0 Å². The van der Waals surface area contributed by atoms with Crippen LogP contribution in [0.1, 0.15) is 11.1 Å². The van der Waals surface area contributed by atoms with Gasteiger partial charge in [-0.3, -0.25) is 15.6 Å². The molecule has 8 heteroatoms. The summed E-state index contributed by atoms with van der Waals surface area (Å²) in [6.45, 7) is 1.95. The molecule has 0 radical (unpaired) electrons. The molecule has 3 aromatic rings. The van der Waals surface area contributed by atoms with Crippen molar-refractivity contribution in [3.05, 3.63) is 66.1 Å². The fourth-order valence-electron chi connectivity index (χ4n) is 2.21. The molecule has 0 aliphatic rings. The Morgan fingerprint density at radius 3 is 2.54 bits per heavy atom. The summed E-state index contributed by atoms with van der Waals surface area (Å²) in [5.74, 6) is 1.11. The Kier molecular flexibility index (Phi) is 5.23. The molecule has 5 N–H and O–H groups in total. The Hall–Kier alpha value is -3.68. The molecule has 0 spiro atoms. The molecule has 0 bridgehead atoms. The number of hydrazine groups is 1. The van der Waals surface area contributed by atoms with E-state index in [1.165, 1.54) is 6.33 Å². The minimum Gasteiger partial charge on any atom is -0.393 e. The van der Waals surface area contributed by atoms with Crippen LogP contribution in [0.2, 0.25) is 0 Å². The highest BCUT2D eigenvalue weighted by atomic mass is 16.2. The first-order valence-corrected chi connectivity index (χ1v) is 8.01. The number of nitrogens with one attached hydrogen (secondary N) is 3. The lowest BCUT2D eigenvalue weighted by Gasteiger charge is -2.13. The van der Waals surface area contributed by atoms with E-state index in [-0.39, 0.29) is 18.0 Å². The molecule has 2 aromatic heterocycles. The third-order valence-corrected chi connectivity index (χ3v) is 3.57. The van der Waals surface area contributed by atoms with Gasteiger partial charge < -0.3 is 11.1 Å². The number of hydrogen-bond acceptors (Lipinski definition) is 7. The molecule has 0 atom stereocenters. The molecule has 0 aliphatic carbocycles. The van der Waals surface area contributed by atoms with Crippen LogP contribution in [-0.4, -0.2) is 20.9 Å². The number of nitrogen functional groups attached to an aromatic ring is 1. The Morgan fingerprint density at radius 1 is 1.04 bits per heavy atom. The molecule has 0 aliphatic heterocycles. The number of pyridine rings is 1. The van der Waals surface area contributed by atoms with Crippen molar-refractivity contribution in [2.75, 3.05) is 16.5 Å². The molecule has 3 rings (SSSR count). The summed E-state index contributed by atoms with van der Waals surface area (Å²) in [6.07, 6.45) is 3.33. The predicted octanol–water partition coefficient (Wildman–Crippen LogP) is 2.19. The lowest BCUT2D eigenvalue weighted by atomic mass is 10.1. The van der Waals surface area contributed by atoms with Crippen LogP contribution in [0.25, 0.3) is 0 Å². The van der Waals surface area contributed by atoms with Crippen LogP contribution in [0, 0.1) is 6.92 Å². The van der Waals surface area contributed by atoms with Crippen molar-refractivity contribution in [3.8, 4) is 0 Å². The Morgan fingerprint density at radius 2 is 1.81 bits per heavy atom. The topological polar surface area (TPSA) is 118 Å². The minimum absolute atomic E-state index is 0.205. The zero-order valence-corrected chi connectivity index (χ0v) is 14.2. The fraction of sp³-hybridized carbons (Fsp3) is 0.111. The number of hydrogen-bond donors (Lipinski definition) is 4. The Labute approximate surface area is 150 Å². The van der Waals surface area contributed by atoms with Gasteiger partial charge in [-0.1, -0.05) is 36.4 Å². The quantitative estimate of drug-likeness (QED) is 0.504. The first-order chi connectivity index (χ1) is 12.6. The lowest BCUT2D eigenvalue weighted by Crippen LogP contribution is -2.31. The van der Waals surface area contributed by atoms with Gasteiger partial charge in [-0.15, -0.1) is 0 Å². The number of amides is 1. The summed E-state index contributed by atoms with van der Waals surface area (Å²) in [5.41, 5.74) is 13.6. The van der Waals surface area contributed by atoms with Gasteiger partial charge in [0.05, 0.1) is 6.42 Å². The molecule has 132 valence electrons. The monoisotopic (exact) mass is 349 g/mol. The van der Waals surface area contributed by atoms with Gasteiger partial charge in [0.25, 0.3) is 0 Å². The number of rotatable bonds is 6. The third kappa shape index (κ3) is 4.44. The molecule has 26 heavy (non-hydrogen) atoms. The zero-order valence-electron chi connectivity index (χ0n) is 14.2. The minimum atomic E-state index is -0.205. The van der Waals surface area contributed by atoms with Crippen molar-refractivity contribution in [3.63, 3.8) is 0 Å². The predicted molar refractivity (Wildman–Crippen MR) is 101 cm³/mol. The maximum absolute atomic E-state index is 12.0. The third-order valence-electron chi connectivity index (χ3n) is 3.57. The SMILES string of the molecule is Cc1ccc(Nc2ncnc(NNC(=O)Cc3ccccc3)c2N)nc1. The second-order valence-electron chi connectivity index (χ2n) is 5.67. The number of nitrogens with zero attached hydrogens (tertiary/aromatic N) is 3. The molecular formula is C18H19N7O. The Bertz CT molecular complexity index is 882. The molecule has 0 saturated carbocycles. The van der Waals surface area contributed by atoms with Gasteiger partial charge >= 0.3 is 0 Å². The molecule has 0 unspecified atom stereocenters. The van der Waals surface area contributed by atoms with Gasteiger partial charge in [-0.2, -0.15) is 0 Å². The largest absolute Gasteiger partial charge is 0.393 e. The number of carbonyl (C=O) groups excluding carboxylic acids is 1. The van der Waals surface area contributed by atoms with Crippen molar-refractivity contribution < 1.29 is 4.79 Å². The summed E-state index contributed by atoms with van der Waals surface area (Å²) in [4.78, 5) is 24.4. The van der Waals surface area contributed by atoms with E-state index in [0.717, 1.165) is 11.1 Å². The van der Waals surface area contributed by atoms with E-state index in [2.05, 4.69) is 31.1 Å². The van der Waals surface area contributed by atoms with E-state index >= 15 is 0 Å². The van der Waals surface area contributed by atoms with E-state index in [4.69, 9.17) is 5.73 Å².